The second kappa shape index (κ2) is 5.71. The fraction of sp³-hybridized carbons (Fsp3) is 0.0588. The van der Waals surface area contributed by atoms with E-state index in [1.165, 1.54) is 12.1 Å². The normalized spacial score (nSPS) is 11.6. The molecule has 3 rings (SSSR count). The van der Waals surface area contributed by atoms with Crippen molar-refractivity contribution in [1.82, 2.24) is 0 Å². The van der Waals surface area contributed by atoms with E-state index in [1.807, 2.05) is 43.5 Å². The molecule has 0 aliphatic carbocycles. The lowest BCUT2D eigenvalue weighted by Gasteiger charge is -2.04. The van der Waals surface area contributed by atoms with Gasteiger partial charge in [0.05, 0.1) is 5.71 Å². The maximum absolute atomic E-state index is 12.9. The molecular formula is C17H15FN3+. The van der Waals surface area contributed by atoms with Gasteiger partial charge in [0.1, 0.15) is 11.5 Å². The molecule has 2 N–H and O–H groups in total. The van der Waals surface area contributed by atoms with Crippen LogP contribution in [-0.4, -0.2) is 5.71 Å². The monoisotopic (exact) mass is 280 g/mol. The number of anilines is 1. The first-order valence-electron chi connectivity index (χ1n) is 6.70. The number of hydrogen-bond acceptors (Lipinski definition) is 2. The van der Waals surface area contributed by atoms with Crippen molar-refractivity contribution < 1.29 is 9.37 Å². The van der Waals surface area contributed by atoms with Crippen molar-refractivity contribution in [2.75, 3.05) is 5.43 Å². The van der Waals surface area contributed by atoms with Crippen LogP contribution in [0.4, 0.5) is 10.1 Å². The van der Waals surface area contributed by atoms with E-state index in [0.717, 1.165) is 27.9 Å². The summed E-state index contributed by atoms with van der Waals surface area (Å²) in [4.78, 5) is 3.21. The van der Waals surface area contributed by atoms with Crippen molar-refractivity contribution >= 4 is 22.3 Å². The molecule has 4 heteroatoms. The van der Waals surface area contributed by atoms with Crippen LogP contribution in [0.2, 0.25) is 0 Å². The van der Waals surface area contributed by atoms with Gasteiger partial charge in [0.15, 0.2) is 6.20 Å². The Morgan fingerprint density at radius 2 is 1.81 bits per heavy atom. The number of aromatic amines is 1. The van der Waals surface area contributed by atoms with Crippen LogP contribution in [0, 0.1) is 5.82 Å². The summed E-state index contributed by atoms with van der Waals surface area (Å²) in [6, 6.07) is 16.2. The third kappa shape index (κ3) is 2.89. The highest BCUT2D eigenvalue weighted by Crippen LogP contribution is 2.18. The molecule has 1 heterocycles. The number of nitrogens with zero attached hydrogens (tertiary/aromatic N) is 1. The molecule has 0 spiro atoms. The molecule has 0 aliphatic heterocycles. The van der Waals surface area contributed by atoms with Gasteiger partial charge in [-0.15, -0.1) is 0 Å². The smallest absolute Gasteiger partial charge is 0.236 e. The minimum atomic E-state index is -0.247. The number of aromatic nitrogens is 1. The third-order valence-electron chi connectivity index (χ3n) is 3.30. The van der Waals surface area contributed by atoms with E-state index in [2.05, 4.69) is 15.5 Å². The van der Waals surface area contributed by atoms with Gasteiger partial charge in [-0.3, -0.25) is 5.43 Å². The number of fused-ring (bicyclic) bond motifs is 1. The summed E-state index contributed by atoms with van der Waals surface area (Å²) in [6.45, 7) is 1.88. The minimum absolute atomic E-state index is 0.247. The highest BCUT2D eigenvalue weighted by molar-refractivity contribution is 5.99. The Morgan fingerprint density at radius 3 is 2.62 bits per heavy atom. The number of hydrogen-bond donors (Lipinski definition) is 1. The Balaban J connectivity index is 1.88. The molecule has 0 atom stereocenters. The Morgan fingerprint density at radius 1 is 1.05 bits per heavy atom. The fourth-order valence-corrected chi connectivity index (χ4v) is 2.15. The molecular weight excluding hydrogens is 265 g/mol. The van der Waals surface area contributed by atoms with Crippen molar-refractivity contribution in [3.05, 3.63) is 72.2 Å². The molecule has 21 heavy (non-hydrogen) atoms. The molecule has 0 radical (unpaired) electrons. The van der Waals surface area contributed by atoms with E-state index >= 15 is 0 Å². The van der Waals surface area contributed by atoms with Gasteiger partial charge >= 0.3 is 0 Å². The molecule has 0 saturated heterocycles. The average molecular weight is 280 g/mol. The molecule has 0 bridgehead atoms. The Kier molecular flexibility index (Phi) is 3.60. The summed E-state index contributed by atoms with van der Waals surface area (Å²) >= 11 is 0. The number of rotatable bonds is 3. The zero-order chi connectivity index (χ0) is 14.7. The van der Waals surface area contributed by atoms with Gasteiger partial charge in [-0.2, -0.15) is 5.10 Å². The maximum Gasteiger partial charge on any atom is 0.236 e. The zero-order valence-corrected chi connectivity index (χ0v) is 11.6. The SMILES string of the molecule is CC(=NNc1cccc2ccc[nH+]c12)c1ccc(F)cc1. The topological polar surface area (TPSA) is 38.5 Å². The van der Waals surface area contributed by atoms with E-state index in [4.69, 9.17) is 0 Å². The van der Waals surface area contributed by atoms with Crippen LogP contribution in [0.1, 0.15) is 12.5 Å². The summed E-state index contributed by atoms with van der Waals surface area (Å²) in [5.74, 6) is -0.247. The standard InChI is InChI=1S/C17H14FN3/c1-12(13-7-9-15(18)10-8-13)20-21-16-6-2-4-14-5-3-11-19-17(14)16/h2-11,21H,1H3/p+1. The number of benzene rings is 2. The molecule has 0 unspecified atom stereocenters. The van der Waals surface area contributed by atoms with E-state index in [9.17, 15) is 4.39 Å². The molecule has 0 fully saturated rings. The lowest BCUT2D eigenvalue weighted by atomic mass is 10.1. The second-order valence-electron chi connectivity index (χ2n) is 4.76. The van der Waals surface area contributed by atoms with Crippen LogP contribution in [0.25, 0.3) is 10.9 Å². The largest absolute Gasteiger partial charge is 0.272 e. The van der Waals surface area contributed by atoms with Crippen LogP contribution >= 0.6 is 0 Å². The van der Waals surface area contributed by atoms with Crippen molar-refractivity contribution in [1.29, 1.82) is 0 Å². The quantitative estimate of drug-likeness (QED) is 0.577. The number of halogens is 1. The highest BCUT2D eigenvalue weighted by Gasteiger charge is 2.06. The van der Waals surface area contributed by atoms with Crippen LogP contribution in [-0.2, 0) is 0 Å². The summed E-state index contributed by atoms with van der Waals surface area (Å²) in [5.41, 5.74) is 6.63. The first-order valence-corrected chi connectivity index (χ1v) is 6.70. The van der Waals surface area contributed by atoms with Crippen LogP contribution in [0.15, 0.2) is 65.9 Å². The molecule has 1 aromatic heterocycles. The predicted octanol–water partition coefficient (Wildman–Crippen LogP) is 3.63. The van der Waals surface area contributed by atoms with Gasteiger partial charge < -0.3 is 0 Å². The predicted molar refractivity (Wildman–Crippen MR) is 82.7 cm³/mol. The molecule has 0 saturated carbocycles. The summed E-state index contributed by atoms with van der Waals surface area (Å²) in [6.07, 6.45) is 1.88. The Bertz CT molecular complexity index is 789. The fourth-order valence-electron chi connectivity index (χ4n) is 2.15. The summed E-state index contributed by atoms with van der Waals surface area (Å²) in [5, 5.41) is 5.48. The van der Waals surface area contributed by atoms with Crippen molar-refractivity contribution in [2.24, 2.45) is 5.10 Å². The van der Waals surface area contributed by atoms with Crippen LogP contribution in [0.3, 0.4) is 0 Å². The van der Waals surface area contributed by atoms with Gasteiger partial charge in [0.25, 0.3) is 0 Å². The van der Waals surface area contributed by atoms with Crippen LogP contribution < -0.4 is 10.4 Å². The number of nitrogens with one attached hydrogen (secondary N) is 2. The second-order valence-corrected chi connectivity index (χ2v) is 4.76. The van der Waals surface area contributed by atoms with E-state index in [-0.39, 0.29) is 5.82 Å². The van der Waals surface area contributed by atoms with Gasteiger partial charge in [-0.25, -0.2) is 9.37 Å². The van der Waals surface area contributed by atoms with Crippen molar-refractivity contribution in [3.63, 3.8) is 0 Å². The number of pyridine rings is 1. The third-order valence-corrected chi connectivity index (χ3v) is 3.30. The summed E-state index contributed by atoms with van der Waals surface area (Å²) < 4.78 is 12.9. The molecule has 0 aliphatic rings. The van der Waals surface area contributed by atoms with Crippen LogP contribution in [0.5, 0.6) is 0 Å². The first kappa shape index (κ1) is 13.2. The highest BCUT2D eigenvalue weighted by atomic mass is 19.1. The molecule has 104 valence electrons. The Hall–Kier alpha value is -2.75. The molecule has 0 amide bonds. The number of para-hydroxylation sites is 1. The van der Waals surface area contributed by atoms with E-state index in [1.54, 1.807) is 12.1 Å². The molecule has 3 aromatic rings. The van der Waals surface area contributed by atoms with Gasteiger partial charge in [0, 0.05) is 11.5 Å². The molecule has 3 nitrogen and oxygen atoms in total. The van der Waals surface area contributed by atoms with Crippen molar-refractivity contribution in [3.8, 4) is 0 Å². The van der Waals surface area contributed by atoms with Crippen molar-refractivity contribution in [2.45, 2.75) is 6.92 Å². The lowest BCUT2D eigenvalue weighted by molar-refractivity contribution is -0.344. The van der Waals surface area contributed by atoms with E-state index in [0.29, 0.717) is 0 Å². The number of H-pyrrole nitrogens is 1. The first-order chi connectivity index (χ1) is 10.2. The Labute approximate surface area is 122 Å². The van der Waals surface area contributed by atoms with Gasteiger partial charge in [0.2, 0.25) is 5.52 Å². The zero-order valence-electron chi connectivity index (χ0n) is 11.6. The minimum Gasteiger partial charge on any atom is -0.272 e. The van der Waals surface area contributed by atoms with Gasteiger partial charge in [-0.05, 0) is 42.8 Å². The average Bonchev–Trinajstić information content (AvgIpc) is 2.53. The number of hydrazone groups is 1. The van der Waals surface area contributed by atoms with E-state index < -0.39 is 0 Å². The molecule has 2 aromatic carbocycles. The van der Waals surface area contributed by atoms with Gasteiger partial charge in [-0.1, -0.05) is 18.2 Å². The lowest BCUT2D eigenvalue weighted by Crippen LogP contribution is -2.06. The summed E-state index contributed by atoms with van der Waals surface area (Å²) in [7, 11) is 0. The maximum atomic E-state index is 12.9.